The number of aliphatic hydroxyl groups is 1. The van der Waals surface area contributed by atoms with E-state index in [2.05, 4.69) is 16.4 Å². The summed E-state index contributed by atoms with van der Waals surface area (Å²) in [5.74, 6) is 0. The van der Waals surface area contributed by atoms with Gasteiger partial charge in [-0.25, -0.2) is 4.68 Å². The van der Waals surface area contributed by atoms with Crippen molar-refractivity contribution in [2.75, 3.05) is 6.61 Å². The van der Waals surface area contributed by atoms with Crippen molar-refractivity contribution in [3.63, 3.8) is 0 Å². The molecule has 1 aromatic heterocycles. The zero-order chi connectivity index (χ0) is 15.9. The number of hydrogen-bond donors (Lipinski definition) is 1. The third-order valence-corrected chi connectivity index (χ3v) is 4.37. The van der Waals surface area contributed by atoms with E-state index in [1.54, 1.807) is 16.9 Å². The van der Waals surface area contributed by atoms with Gasteiger partial charge < -0.3 is 14.6 Å². The van der Waals surface area contributed by atoms with Gasteiger partial charge in [-0.05, 0) is 30.5 Å². The van der Waals surface area contributed by atoms with E-state index in [9.17, 15) is 5.11 Å². The lowest BCUT2D eigenvalue weighted by atomic mass is 9.90. The van der Waals surface area contributed by atoms with Gasteiger partial charge in [0.15, 0.2) is 11.9 Å². The fraction of sp³-hybridized carbons (Fsp3) is 0.438. The summed E-state index contributed by atoms with van der Waals surface area (Å²) >= 11 is 0. The van der Waals surface area contributed by atoms with Crippen LogP contribution in [0.1, 0.15) is 29.7 Å². The van der Waals surface area contributed by atoms with Crippen molar-refractivity contribution < 1.29 is 14.6 Å². The van der Waals surface area contributed by atoms with Gasteiger partial charge >= 0.3 is 0 Å². The van der Waals surface area contributed by atoms with E-state index in [1.807, 2.05) is 18.2 Å². The predicted molar refractivity (Wildman–Crippen MR) is 78.0 cm³/mol. The molecule has 2 bridgehead atoms. The lowest BCUT2D eigenvalue weighted by Gasteiger charge is -2.34. The maximum absolute atomic E-state index is 10.9. The average molecular weight is 312 g/mol. The molecule has 2 fully saturated rings. The average Bonchev–Trinajstić information content (AvgIpc) is 3.20. The lowest BCUT2D eigenvalue weighted by molar-refractivity contribution is -0.219. The van der Waals surface area contributed by atoms with Crippen molar-refractivity contribution in [3.05, 3.63) is 47.3 Å². The minimum atomic E-state index is -1.25. The van der Waals surface area contributed by atoms with Crippen LogP contribution in [0.5, 0.6) is 0 Å². The number of rotatable bonds is 3. The minimum absolute atomic E-state index is 0.0732. The van der Waals surface area contributed by atoms with E-state index in [1.165, 1.54) is 0 Å². The van der Waals surface area contributed by atoms with Crippen LogP contribution in [-0.4, -0.2) is 39.1 Å². The van der Waals surface area contributed by atoms with E-state index in [-0.39, 0.29) is 6.10 Å². The zero-order valence-corrected chi connectivity index (χ0v) is 12.4. The third-order valence-electron chi connectivity index (χ3n) is 4.37. The molecule has 1 unspecified atom stereocenters. The molecule has 118 valence electrons. The standard InChI is InChI=1S/C16H16N4O3/c17-7-11-2-1-3-12(6-11)8-20-9-14(18-19-20)16(21)5-4-13-10-22-15(16)23-13/h1-3,6,9,13,15,21H,4-5,8,10H2/t13-,15+,16?/m0/s1. The maximum atomic E-state index is 10.9. The van der Waals surface area contributed by atoms with E-state index < -0.39 is 11.9 Å². The molecule has 2 aliphatic heterocycles. The maximum Gasteiger partial charge on any atom is 0.192 e. The Hall–Kier alpha value is -2.27. The monoisotopic (exact) mass is 312 g/mol. The molecule has 2 saturated heterocycles. The van der Waals surface area contributed by atoms with Crippen molar-refractivity contribution >= 4 is 0 Å². The summed E-state index contributed by atoms with van der Waals surface area (Å²) in [6, 6.07) is 9.44. The molecule has 0 spiro atoms. The van der Waals surface area contributed by atoms with Crippen LogP contribution in [0.15, 0.2) is 30.5 Å². The number of hydrogen-bond acceptors (Lipinski definition) is 6. The number of aromatic nitrogens is 3. The number of ether oxygens (including phenoxy) is 2. The second kappa shape index (κ2) is 5.42. The van der Waals surface area contributed by atoms with Crippen molar-refractivity contribution in [1.82, 2.24) is 15.0 Å². The second-order valence-corrected chi connectivity index (χ2v) is 6.00. The van der Waals surface area contributed by atoms with Gasteiger partial charge in [0.2, 0.25) is 0 Å². The second-order valence-electron chi connectivity index (χ2n) is 6.00. The Bertz CT molecular complexity index is 769. The first-order valence-electron chi connectivity index (χ1n) is 7.56. The van der Waals surface area contributed by atoms with Crippen LogP contribution in [0.4, 0.5) is 0 Å². The highest BCUT2D eigenvalue weighted by molar-refractivity contribution is 5.32. The number of fused-ring (bicyclic) bond motifs is 2. The Balaban J connectivity index is 1.56. The Kier molecular flexibility index (Phi) is 3.38. The molecule has 2 aliphatic rings. The molecule has 7 heteroatoms. The number of benzene rings is 1. The van der Waals surface area contributed by atoms with Crippen LogP contribution in [0.25, 0.3) is 0 Å². The molecule has 2 aromatic rings. The van der Waals surface area contributed by atoms with E-state index in [0.29, 0.717) is 30.8 Å². The molecular formula is C16H16N4O3. The Morgan fingerprint density at radius 1 is 1.48 bits per heavy atom. The third kappa shape index (κ3) is 2.51. The van der Waals surface area contributed by atoms with Crippen molar-refractivity contribution in [3.8, 4) is 6.07 Å². The van der Waals surface area contributed by atoms with Crippen LogP contribution in [0, 0.1) is 11.3 Å². The fourth-order valence-corrected chi connectivity index (χ4v) is 3.10. The zero-order valence-electron chi connectivity index (χ0n) is 12.4. The summed E-state index contributed by atoms with van der Waals surface area (Å²) in [5, 5.41) is 28.0. The van der Waals surface area contributed by atoms with Gasteiger partial charge in [-0.15, -0.1) is 5.10 Å². The number of nitriles is 1. The summed E-state index contributed by atoms with van der Waals surface area (Å²) in [6.45, 7) is 0.996. The van der Waals surface area contributed by atoms with Crippen LogP contribution >= 0.6 is 0 Å². The summed E-state index contributed by atoms with van der Waals surface area (Å²) in [4.78, 5) is 0. The van der Waals surface area contributed by atoms with Crippen LogP contribution in [-0.2, 0) is 21.6 Å². The van der Waals surface area contributed by atoms with Gasteiger partial charge in [-0.3, -0.25) is 0 Å². The smallest absolute Gasteiger partial charge is 0.192 e. The molecule has 7 nitrogen and oxygen atoms in total. The minimum Gasteiger partial charge on any atom is -0.378 e. The molecule has 0 saturated carbocycles. The van der Waals surface area contributed by atoms with Crippen LogP contribution in [0.3, 0.4) is 0 Å². The van der Waals surface area contributed by atoms with E-state index in [0.717, 1.165) is 12.0 Å². The van der Waals surface area contributed by atoms with E-state index >= 15 is 0 Å². The van der Waals surface area contributed by atoms with Crippen LogP contribution in [0.2, 0.25) is 0 Å². The lowest BCUT2D eigenvalue weighted by Crippen LogP contribution is -2.44. The molecule has 0 radical (unpaired) electrons. The first kappa shape index (κ1) is 14.3. The summed E-state index contributed by atoms with van der Waals surface area (Å²) in [6.07, 6.45) is 2.40. The highest BCUT2D eigenvalue weighted by Crippen LogP contribution is 2.40. The molecule has 23 heavy (non-hydrogen) atoms. The van der Waals surface area contributed by atoms with E-state index in [4.69, 9.17) is 14.7 Å². The molecule has 1 aromatic carbocycles. The van der Waals surface area contributed by atoms with Gasteiger partial charge in [0.1, 0.15) is 5.69 Å². The summed E-state index contributed by atoms with van der Waals surface area (Å²) in [7, 11) is 0. The summed E-state index contributed by atoms with van der Waals surface area (Å²) in [5.41, 5.74) is 0.760. The molecular weight excluding hydrogens is 296 g/mol. The van der Waals surface area contributed by atoms with Crippen molar-refractivity contribution in [2.24, 2.45) is 0 Å². The highest BCUT2D eigenvalue weighted by Gasteiger charge is 2.51. The van der Waals surface area contributed by atoms with Crippen molar-refractivity contribution in [2.45, 2.75) is 37.4 Å². The molecule has 3 heterocycles. The highest BCUT2D eigenvalue weighted by atomic mass is 16.7. The first-order chi connectivity index (χ1) is 11.2. The quantitative estimate of drug-likeness (QED) is 0.906. The molecule has 1 N–H and O–H groups in total. The normalized spacial score (nSPS) is 29.4. The van der Waals surface area contributed by atoms with Crippen molar-refractivity contribution in [1.29, 1.82) is 5.26 Å². The predicted octanol–water partition coefficient (Wildman–Crippen LogP) is 0.921. The molecule has 3 atom stereocenters. The Labute approximate surface area is 133 Å². The van der Waals surface area contributed by atoms with Gasteiger partial charge in [0, 0.05) is 0 Å². The molecule has 4 rings (SSSR count). The SMILES string of the molecule is N#Cc1cccc(Cn2cc(C3(O)CC[C@H]4CO[C@@H]3O4)nn2)c1. The van der Waals surface area contributed by atoms with Gasteiger partial charge in [-0.1, -0.05) is 17.3 Å². The first-order valence-corrected chi connectivity index (χ1v) is 7.56. The topological polar surface area (TPSA) is 93.2 Å². The molecule has 0 aliphatic carbocycles. The molecule has 0 amide bonds. The summed E-state index contributed by atoms with van der Waals surface area (Å²) < 4.78 is 12.8. The number of nitrogens with zero attached hydrogens (tertiary/aromatic N) is 4. The van der Waals surface area contributed by atoms with Gasteiger partial charge in [-0.2, -0.15) is 5.26 Å². The largest absolute Gasteiger partial charge is 0.378 e. The Morgan fingerprint density at radius 3 is 3.26 bits per heavy atom. The Morgan fingerprint density at radius 2 is 2.39 bits per heavy atom. The van der Waals surface area contributed by atoms with Gasteiger partial charge in [0.05, 0.1) is 37.1 Å². The fourth-order valence-electron chi connectivity index (χ4n) is 3.10. The van der Waals surface area contributed by atoms with Crippen LogP contribution < -0.4 is 0 Å². The van der Waals surface area contributed by atoms with Gasteiger partial charge in [0.25, 0.3) is 0 Å².